The van der Waals surface area contributed by atoms with Crippen molar-refractivity contribution in [3.8, 4) is 0 Å². The lowest BCUT2D eigenvalue weighted by atomic mass is 10.1. The fourth-order valence-corrected chi connectivity index (χ4v) is 2.57. The quantitative estimate of drug-likeness (QED) is 0.777. The van der Waals surface area contributed by atoms with Gasteiger partial charge < -0.3 is 5.32 Å². The topological polar surface area (TPSA) is 46.9 Å². The summed E-state index contributed by atoms with van der Waals surface area (Å²) in [5, 5.41) is 6.66. The first-order chi connectivity index (χ1) is 11.9. The number of aromatic nitrogens is 2. The number of aryl methyl sites for hydroxylation is 2. The summed E-state index contributed by atoms with van der Waals surface area (Å²) in [5.74, 6) is -2.19. The first-order valence-corrected chi connectivity index (χ1v) is 7.79. The summed E-state index contributed by atoms with van der Waals surface area (Å²) in [6.07, 6.45) is 0. The molecule has 6 heteroatoms. The van der Waals surface area contributed by atoms with Crippen LogP contribution in [-0.4, -0.2) is 15.7 Å². The molecule has 1 heterocycles. The SMILES string of the molecule is Cc1cc(C)n(Cc2ccc(C(=O)Nc3c(F)cccc3F)cc2)n1. The fraction of sp³-hybridized carbons (Fsp3) is 0.158. The largest absolute Gasteiger partial charge is 0.317 e. The number of amides is 1. The molecule has 0 saturated heterocycles. The van der Waals surface area contributed by atoms with Crippen LogP contribution in [0.3, 0.4) is 0 Å². The van der Waals surface area contributed by atoms with Gasteiger partial charge in [0.05, 0.1) is 12.2 Å². The van der Waals surface area contributed by atoms with Gasteiger partial charge in [0.2, 0.25) is 0 Å². The molecule has 1 aromatic heterocycles. The van der Waals surface area contributed by atoms with E-state index in [-0.39, 0.29) is 0 Å². The van der Waals surface area contributed by atoms with Gasteiger partial charge in [-0.2, -0.15) is 5.10 Å². The number of carbonyl (C=O) groups is 1. The average Bonchev–Trinajstić information content (AvgIpc) is 2.89. The molecule has 0 bridgehead atoms. The first kappa shape index (κ1) is 16.8. The number of para-hydroxylation sites is 1. The highest BCUT2D eigenvalue weighted by Crippen LogP contribution is 2.19. The van der Waals surface area contributed by atoms with Gasteiger partial charge in [0, 0.05) is 11.3 Å². The molecule has 0 unspecified atom stereocenters. The molecular weight excluding hydrogens is 324 g/mol. The van der Waals surface area contributed by atoms with E-state index in [4.69, 9.17) is 0 Å². The molecule has 0 aliphatic rings. The minimum Gasteiger partial charge on any atom is -0.317 e. The van der Waals surface area contributed by atoms with Crippen LogP contribution in [0.25, 0.3) is 0 Å². The maximum absolute atomic E-state index is 13.6. The molecule has 3 rings (SSSR count). The van der Waals surface area contributed by atoms with Gasteiger partial charge >= 0.3 is 0 Å². The number of hydrogen-bond donors (Lipinski definition) is 1. The smallest absolute Gasteiger partial charge is 0.255 e. The van der Waals surface area contributed by atoms with Gasteiger partial charge in [-0.3, -0.25) is 9.48 Å². The van der Waals surface area contributed by atoms with Gasteiger partial charge in [0.1, 0.15) is 17.3 Å². The lowest BCUT2D eigenvalue weighted by Crippen LogP contribution is -2.14. The van der Waals surface area contributed by atoms with Gasteiger partial charge in [0.15, 0.2) is 0 Å². The zero-order valence-electron chi connectivity index (χ0n) is 13.9. The van der Waals surface area contributed by atoms with Crippen molar-refractivity contribution in [2.45, 2.75) is 20.4 Å². The summed E-state index contributed by atoms with van der Waals surface area (Å²) in [6, 6.07) is 12.3. The van der Waals surface area contributed by atoms with Crippen molar-refractivity contribution in [1.82, 2.24) is 9.78 Å². The van der Waals surface area contributed by atoms with Crippen LogP contribution >= 0.6 is 0 Å². The average molecular weight is 341 g/mol. The predicted molar refractivity (Wildman–Crippen MR) is 91.6 cm³/mol. The minimum absolute atomic E-state index is 0.319. The number of carbonyl (C=O) groups excluding carboxylic acids is 1. The van der Waals surface area contributed by atoms with Crippen molar-refractivity contribution in [3.05, 3.63) is 82.7 Å². The van der Waals surface area contributed by atoms with Gasteiger partial charge in [0.25, 0.3) is 5.91 Å². The molecule has 0 aliphatic carbocycles. The zero-order chi connectivity index (χ0) is 18.0. The van der Waals surface area contributed by atoms with E-state index in [1.54, 1.807) is 24.3 Å². The second-order valence-corrected chi connectivity index (χ2v) is 5.83. The minimum atomic E-state index is -0.811. The van der Waals surface area contributed by atoms with Crippen molar-refractivity contribution >= 4 is 11.6 Å². The van der Waals surface area contributed by atoms with Crippen molar-refractivity contribution in [2.75, 3.05) is 5.32 Å². The monoisotopic (exact) mass is 341 g/mol. The molecule has 0 spiro atoms. The standard InChI is InChI=1S/C19H17F2N3O/c1-12-10-13(2)24(23-12)11-14-6-8-15(9-7-14)19(25)22-18-16(20)4-3-5-17(18)21/h3-10H,11H2,1-2H3,(H,22,25). The zero-order valence-corrected chi connectivity index (χ0v) is 13.9. The summed E-state index contributed by atoms with van der Waals surface area (Å²) < 4.78 is 29.1. The highest BCUT2D eigenvalue weighted by Gasteiger charge is 2.13. The molecule has 3 aromatic rings. The maximum Gasteiger partial charge on any atom is 0.255 e. The van der Waals surface area contributed by atoms with E-state index in [1.807, 2.05) is 24.6 Å². The van der Waals surface area contributed by atoms with Crippen LogP contribution < -0.4 is 5.32 Å². The summed E-state index contributed by atoms with van der Waals surface area (Å²) in [6.45, 7) is 4.49. The maximum atomic E-state index is 13.6. The van der Waals surface area contributed by atoms with E-state index < -0.39 is 23.2 Å². The van der Waals surface area contributed by atoms with Crippen molar-refractivity contribution in [1.29, 1.82) is 0 Å². The molecule has 25 heavy (non-hydrogen) atoms. The Morgan fingerprint density at radius 2 is 1.72 bits per heavy atom. The van der Waals surface area contributed by atoms with Crippen LogP contribution in [0.4, 0.5) is 14.5 Å². The molecule has 1 N–H and O–H groups in total. The summed E-state index contributed by atoms with van der Waals surface area (Å²) in [4.78, 5) is 12.2. The van der Waals surface area contributed by atoms with Crippen LogP contribution in [0, 0.1) is 25.5 Å². The Morgan fingerprint density at radius 3 is 2.28 bits per heavy atom. The highest BCUT2D eigenvalue weighted by atomic mass is 19.1. The Hall–Kier alpha value is -3.02. The normalized spacial score (nSPS) is 10.7. The van der Waals surface area contributed by atoms with E-state index in [0.29, 0.717) is 12.1 Å². The van der Waals surface area contributed by atoms with E-state index in [0.717, 1.165) is 29.1 Å². The van der Waals surface area contributed by atoms with Crippen LogP contribution in [0.15, 0.2) is 48.5 Å². The van der Waals surface area contributed by atoms with Gasteiger partial charge in [-0.15, -0.1) is 0 Å². The number of halogens is 2. The molecule has 0 atom stereocenters. The molecular formula is C19H17F2N3O. The van der Waals surface area contributed by atoms with Crippen LogP contribution in [-0.2, 0) is 6.54 Å². The van der Waals surface area contributed by atoms with Crippen LogP contribution in [0.1, 0.15) is 27.3 Å². The molecule has 0 radical (unpaired) electrons. The van der Waals surface area contributed by atoms with Gasteiger partial charge in [-0.25, -0.2) is 8.78 Å². The Kier molecular flexibility index (Phi) is 4.61. The Bertz CT molecular complexity index is 897. The summed E-state index contributed by atoms with van der Waals surface area (Å²) in [7, 11) is 0. The number of anilines is 1. The number of nitrogens with zero attached hydrogens (tertiary/aromatic N) is 2. The Balaban J connectivity index is 1.73. The van der Waals surface area contributed by atoms with E-state index >= 15 is 0 Å². The Labute approximate surface area is 144 Å². The molecule has 0 saturated carbocycles. The third kappa shape index (κ3) is 3.74. The van der Waals surface area contributed by atoms with Crippen LogP contribution in [0.2, 0.25) is 0 Å². The van der Waals surface area contributed by atoms with Crippen molar-refractivity contribution < 1.29 is 13.6 Å². The molecule has 0 fully saturated rings. The molecule has 2 aromatic carbocycles. The number of rotatable bonds is 4. The summed E-state index contributed by atoms with van der Waals surface area (Å²) >= 11 is 0. The van der Waals surface area contributed by atoms with Crippen molar-refractivity contribution in [2.24, 2.45) is 0 Å². The van der Waals surface area contributed by atoms with Crippen molar-refractivity contribution in [3.63, 3.8) is 0 Å². The van der Waals surface area contributed by atoms with E-state index in [1.165, 1.54) is 6.07 Å². The predicted octanol–water partition coefficient (Wildman–Crippen LogP) is 4.08. The fourth-order valence-electron chi connectivity index (χ4n) is 2.57. The molecule has 128 valence electrons. The summed E-state index contributed by atoms with van der Waals surface area (Å²) in [5.41, 5.74) is 2.84. The van der Waals surface area contributed by atoms with E-state index in [9.17, 15) is 13.6 Å². The number of nitrogens with one attached hydrogen (secondary N) is 1. The second kappa shape index (κ2) is 6.84. The Morgan fingerprint density at radius 1 is 1.08 bits per heavy atom. The van der Waals surface area contributed by atoms with Gasteiger partial charge in [-0.1, -0.05) is 18.2 Å². The molecule has 4 nitrogen and oxygen atoms in total. The first-order valence-electron chi connectivity index (χ1n) is 7.79. The third-order valence-corrected chi connectivity index (χ3v) is 3.85. The van der Waals surface area contributed by atoms with Crippen LogP contribution in [0.5, 0.6) is 0 Å². The second-order valence-electron chi connectivity index (χ2n) is 5.83. The van der Waals surface area contributed by atoms with E-state index in [2.05, 4.69) is 10.4 Å². The highest BCUT2D eigenvalue weighted by molar-refractivity contribution is 6.04. The molecule has 1 amide bonds. The number of hydrogen-bond acceptors (Lipinski definition) is 2. The molecule has 0 aliphatic heterocycles. The lowest BCUT2D eigenvalue weighted by molar-refractivity contribution is 0.102. The number of benzene rings is 2. The van der Waals surface area contributed by atoms with Gasteiger partial charge in [-0.05, 0) is 49.7 Å². The third-order valence-electron chi connectivity index (χ3n) is 3.85. The lowest BCUT2D eigenvalue weighted by Gasteiger charge is -2.09.